The van der Waals surface area contributed by atoms with Crippen LogP contribution < -0.4 is 0 Å². The molecule has 11 nitrogen and oxygen atoms in total. The minimum absolute atomic E-state index is 0.0112. The Balaban J connectivity index is 4.46. The summed E-state index contributed by atoms with van der Waals surface area (Å²) >= 11 is 0. The van der Waals surface area contributed by atoms with E-state index in [9.17, 15) is 33.7 Å². The molecule has 0 saturated carbocycles. The van der Waals surface area contributed by atoms with E-state index < -0.39 is 68.7 Å². The van der Waals surface area contributed by atoms with E-state index in [4.69, 9.17) is 0 Å². The van der Waals surface area contributed by atoms with Gasteiger partial charge in [-0.05, 0) is 40.5 Å². The molecule has 0 aromatic heterocycles. The summed E-state index contributed by atoms with van der Waals surface area (Å²) in [6.07, 6.45) is 0.358. The Bertz CT molecular complexity index is 900. The first-order valence-electron chi connectivity index (χ1n) is 8.31. The van der Waals surface area contributed by atoms with Crippen molar-refractivity contribution in [3.05, 3.63) is 0 Å². The van der Waals surface area contributed by atoms with Crippen LogP contribution in [0.1, 0.15) is 47.0 Å². The van der Waals surface area contributed by atoms with Crippen LogP contribution in [0, 0.1) is 0 Å². The largest absolute Gasteiger partial charge is 0.296 e. The maximum Gasteiger partial charge on any atom is 0.296 e. The summed E-state index contributed by atoms with van der Waals surface area (Å²) in [5.41, 5.74) is -3.23. The van der Waals surface area contributed by atoms with Gasteiger partial charge in [0.2, 0.25) is 0 Å². The van der Waals surface area contributed by atoms with Crippen LogP contribution in [0.25, 0.3) is 0 Å². The molecule has 0 aliphatic heterocycles. The monoisotopic (exact) mass is 488 g/mol. The van der Waals surface area contributed by atoms with Crippen molar-refractivity contribution in [1.29, 1.82) is 0 Å². The molecule has 0 aromatic carbocycles. The third kappa shape index (κ3) is 11.6. The second-order valence-corrected chi connectivity index (χ2v) is 14.0. The van der Waals surface area contributed by atoms with Gasteiger partial charge in [-0.3, -0.25) is 8.37 Å². The van der Waals surface area contributed by atoms with E-state index in [2.05, 4.69) is 12.5 Å². The molecule has 0 aliphatic rings. The molecule has 0 aliphatic carbocycles. The number of hydrogen-bond acceptors (Lipinski definition) is 11. The van der Waals surface area contributed by atoms with Crippen molar-refractivity contribution in [3.63, 3.8) is 0 Å². The first-order valence-corrected chi connectivity index (χ1v) is 14.9. The van der Waals surface area contributed by atoms with E-state index in [1.54, 1.807) is 0 Å². The third-order valence-corrected chi connectivity index (χ3v) is 9.04. The molecule has 0 aromatic rings. The fourth-order valence-corrected chi connectivity index (χ4v) is 6.21. The van der Waals surface area contributed by atoms with Crippen LogP contribution in [-0.4, -0.2) is 68.4 Å². The Labute approximate surface area is 168 Å². The Kier molecular flexibility index (Phi) is 10.5. The predicted molar refractivity (Wildman–Crippen MR) is 103 cm³/mol. The molecule has 170 valence electrons. The summed E-state index contributed by atoms with van der Waals surface area (Å²) < 4.78 is 107. The smallest absolute Gasteiger partial charge is 0.265 e. The normalized spacial score (nSPS) is 16.2. The maximum absolute atomic E-state index is 11.8. The number of sulfone groups is 1. The molecule has 0 fully saturated rings. The lowest BCUT2D eigenvalue weighted by Gasteiger charge is -2.15. The van der Waals surface area contributed by atoms with Crippen molar-refractivity contribution in [2.45, 2.75) is 63.9 Å². The Morgan fingerprint density at radius 1 is 0.607 bits per heavy atom. The van der Waals surface area contributed by atoms with E-state index in [1.807, 2.05) is 0 Å². The summed E-state index contributed by atoms with van der Waals surface area (Å²) in [7, 11) is -16.2. The van der Waals surface area contributed by atoms with E-state index in [0.717, 1.165) is 20.1 Å². The van der Waals surface area contributed by atoms with Crippen LogP contribution >= 0.6 is 0 Å². The standard InChI is InChI=1S/C13H28O11S4/c1-11(2)22-28(20,21)13(4)24-27(18,19)10-8-6-7-9-26(16,17)23-12(3)25(5,14)15/h11-13H,6-10H2,1-5H3. The fraction of sp³-hybridized carbons (Fsp3) is 1.00. The van der Waals surface area contributed by atoms with E-state index in [1.165, 1.54) is 13.8 Å². The Morgan fingerprint density at radius 2 is 1.00 bits per heavy atom. The van der Waals surface area contributed by atoms with Crippen molar-refractivity contribution >= 4 is 40.2 Å². The average Bonchev–Trinajstić information content (AvgIpc) is 2.43. The predicted octanol–water partition coefficient (Wildman–Crippen LogP) is 0.341. The Hall–Kier alpha value is -0.320. The molecule has 0 amide bonds. The van der Waals surface area contributed by atoms with Gasteiger partial charge in [-0.25, -0.2) is 12.6 Å². The van der Waals surface area contributed by atoms with Crippen molar-refractivity contribution in [1.82, 2.24) is 0 Å². The zero-order chi connectivity index (χ0) is 22.4. The van der Waals surface area contributed by atoms with Crippen LogP contribution in [0.15, 0.2) is 0 Å². The van der Waals surface area contributed by atoms with Gasteiger partial charge in [0.1, 0.15) is 0 Å². The molecule has 15 heteroatoms. The molecule has 28 heavy (non-hydrogen) atoms. The van der Waals surface area contributed by atoms with Crippen molar-refractivity contribution in [2.24, 2.45) is 0 Å². The molecule has 2 unspecified atom stereocenters. The second kappa shape index (κ2) is 10.6. The molecule has 0 spiro atoms. The Morgan fingerprint density at radius 3 is 1.36 bits per heavy atom. The van der Waals surface area contributed by atoms with Gasteiger partial charge in [-0.2, -0.15) is 25.3 Å². The first-order chi connectivity index (χ1) is 12.4. The lowest BCUT2D eigenvalue weighted by Crippen LogP contribution is -2.29. The molecule has 0 rings (SSSR count). The molecular weight excluding hydrogens is 460 g/mol. The number of hydrogen-bond donors (Lipinski definition) is 0. The molecule has 2 atom stereocenters. The highest BCUT2D eigenvalue weighted by Gasteiger charge is 2.29. The van der Waals surface area contributed by atoms with Gasteiger partial charge in [-0.1, -0.05) is 6.42 Å². The molecule has 0 saturated heterocycles. The number of unbranched alkanes of at least 4 members (excludes halogenated alkanes) is 2. The highest BCUT2D eigenvalue weighted by atomic mass is 32.2. The van der Waals surface area contributed by atoms with Gasteiger partial charge in [0.15, 0.2) is 20.7 Å². The average molecular weight is 489 g/mol. The van der Waals surface area contributed by atoms with E-state index in [0.29, 0.717) is 0 Å². The van der Waals surface area contributed by atoms with Crippen LogP contribution in [0.3, 0.4) is 0 Å². The topological polar surface area (TPSA) is 164 Å². The fourth-order valence-electron chi connectivity index (χ4n) is 1.71. The second-order valence-electron chi connectivity index (χ2n) is 6.38. The molecule has 0 heterocycles. The van der Waals surface area contributed by atoms with Crippen molar-refractivity contribution < 1.29 is 46.2 Å². The zero-order valence-corrected chi connectivity index (χ0v) is 19.7. The number of rotatable bonds is 14. The molecule has 0 N–H and O–H groups in total. The maximum atomic E-state index is 11.8. The summed E-state index contributed by atoms with van der Waals surface area (Å²) in [6, 6.07) is 0. The first kappa shape index (κ1) is 27.7. The zero-order valence-electron chi connectivity index (χ0n) is 16.4. The SMILES string of the molecule is CC(C)OS(=O)(=O)C(C)OS(=O)(=O)CCCCCS(=O)(=O)OC(C)S(C)(=O)=O. The van der Waals surface area contributed by atoms with E-state index in [-0.39, 0.29) is 19.3 Å². The van der Waals surface area contributed by atoms with Gasteiger partial charge in [0.25, 0.3) is 30.4 Å². The molecule has 0 radical (unpaired) electrons. The van der Waals surface area contributed by atoms with Crippen LogP contribution in [-0.2, 0) is 52.7 Å². The summed E-state index contributed by atoms with van der Waals surface area (Å²) in [6.45, 7) is 5.05. The van der Waals surface area contributed by atoms with Crippen LogP contribution in [0.5, 0.6) is 0 Å². The minimum atomic E-state index is -4.22. The lowest BCUT2D eigenvalue weighted by molar-refractivity contribution is 0.210. The van der Waals surface area contributed by atoms with Gasteiger partial charge >= 0.3 is 0 Å². The summed E-state index contributed by atoms with van der Waals surface area (Å²) in [5, 5.41) is 0. The van der Waals surface area contributed by atoms with Crippen molar-refractivity contribution in [3.8, 4) is 0 Å². The van der Waals surface area contributed by atoms with Crippen LogP contribution in [0.4, 0.5) is 0 Å². The van der Waals surface area contributed by atoms with Crippen LogP contribution in [0.2, 0.25) is 0 Å². The summed E-state index contributed by atoms with van der Waals surface area (Å²) in [4.78, 5) is 0. The summed E-state index contributed by atoms with van der Waals surface area (Å²) in [5.74, 6) is -1.00. The van der Waals surface area contributed by atoms with E-state index >= 15 is 0 Å². The van der Waals surface area contributed by atoms with Gasteiger partial charge in [0, 0.05) is 6.26 Å². The van der Waals surface area contributed by atoms with Crippen molar-refractivity contribution in [2.75, 3.05) is 17.8 Å². The third-order valence-electron chi connectivity index (χ3n) is 3.19. The quantitative estimate of drug-likeness (QED) is 0.244. The van der Waals surface area contributed by atoms with Gasteiger partial charge in [0.05, 0.1) is 17.6 Å². The molecular formula is C13H28O11S4. The minimum Gasteiger partial charge on any atom is -0.265 e. The van der Waals surface area contributed by atoms with Gasteiger partial charge in [-0.15, -0.1) is 0 Å². The highest BCUT2D eigenvalue weighted by Crippen LogP contribution is 2.14. The highest BCUT2D eigenvalue weighted by molar-refractivity contribution is 7.92. The van der Waals surface area contributed by atoms with Gasteiger partial charge < -0.3 is 0 Å². The molecule has 0 bridgehead atoms. The lowest BCUT2D eigenvalue weighted by atomic mass is 10.3.